The second kappa shape index (κ2) is 5.61. The summed E-state index contributed by atoms with van der Waals surface area (Å²) in [6.45, 7) is 2.93. The van der Waals surface area contributed by atoms with Gasteiger partial charge in [-0.15, -0.1) is 0 Å². The van der Waals surface area contributed by atoms with Crippen molar-refractivity contribution < 1.29 is 4.79 Å². The van der Waals surface area contributed by atoms with E-state index in [2.05, 4.69) is 22.5 Å². The van der Waals surface area contributed by atoms with E-state index in [-0.39, 0.29) is 10.7 Å². The Balaban J connectivity index is 1.99. The Bertz CT molecular complexity index is 430. The van der Waals surface area contributed by atoms with Crippen molar-refractivity contribution in [1.82, 2.24) is 10.3 Å². The molecule has 0 bridgehead atoms. The van der Waals surface area contributed by atoms with Gasteiger partial charge in [-0.3, -0.25) is 9.78 Å². The van der Waals surface area contributed by atoms with Crippen LogP contribution in [0.5, 0.6) is 0 Å². The van der Waals surface area contributed by atoms with Gasteiger partial charge in [0.2, 0.25) is 0 Å². The van der Waals surface area contributed by atoms with E-state index in [0.29, 0.717) is 12.1 Å². The minimum absolute atomic E-state index is 0.0545. The SMILES string of the molecule is CNc1ccncc1C(=O)NCC1(C)CCCS1. The number of nitrogens with one attached hydrogen (secondary N) is 2. The molecule has 18 heavy (non-hydrogen) atoms. The van der Waals surface area contributed by atoms with E-state index in [4.69, 9.17) is 0 Å². The number of hydrogen-bond acceptors (Lipinski definition) is 4. The van der Waals surface area contributed by atoms with E-state index in [9.17, 15) is 4.79 Å². The zero-order chi connectivity index (χ0) is 13.0. The lowest BCUT2D eigenvalue weighted by atomic mass is 10.1. The number of amides is 1. The third-order valence-corrected chi connectivity index (χ3v) is 4.80. The summed E-state index contributed by atoms with van der Waals surface area (Å²) < 4.78 is 0.192. The van der Waals surface area contributed by atoms with Gasteiger partial charge in [0.25, 0.3) is 5.91 Å². The maximum Gasteiger partial charge on any atom is 0.255 e. The highest BCUT2D eigenvalue weighted by Crippen LogP contribution is 2.37. The summed E-state index contributed by atoms with van der Waals surface area (Å²) in [7, 11) is 1.81. The fraction of sp³-hybridized carbons (Fsp3) is 0.538. The van der Waals surface area contributed by atoms with Gasteiger partial charge >= 0.3 is 0 Å². The summed E-state index contributed by atoms with van der Waals surface area (Å²) in [5.41, 5.74) is 1.42. The summed E-state index contributed by atoms with van der Waals surface area (Å²) >= 11 is 1.95. The third kappa shape index (κ3) is 2.96. The zero-order valence-corrected chi connectivity index (χ0v) is 11.6. The molecule has 0 aromatic carbocycles. The molecule has 1 aliphatic heterocycles. The molecule has 0 spiro atoms. The lowest BCUT2D eigenvalue weighted by Gasteiger charge is -2.23. The number of carbonyl (C=O) groups excluding carboxylic acids is 1. The summed E-state index contributed by atoms with van der Waals surface area (Å²) in [6.07, 6.45) is 5.69. The highest BCUT2D eigenvalue weighted by atomic mass is 32.2. The monoisotopic (exact) mass is 265 g/mol. The van der Waals surface area contributed by atoms with Crippen LogP contribution in [0.2, 0.25) is 0 Å². The van der Waals surface area contributed by atoms with Crippen molar-refractivity contribution in [3.63, 3.8) is 0 Å². The Morgan fingerprint density at radius 3 is 3.11 bits per heavy atom. The normalized spacial score (nSPS) is 22.8. The Hall–Kier alpha value is -1.23. The van der Waals surface area contributed by atoms with Gasteiger partial charge in [-0.1, -0.05) is 0 Å². The van der Waals surface area contributed by atoms with Crippen molar-refractivity contribution in [2.45, 2.75) is 24.5 Å². The van der Waals surface area contributed by atoms with E-state index in [1.807, 2.05) is 11.8 Å². The van der Waals surface area contributed by atoms with Gasteiger partial charge in [0.05, 0.1) is 5.56 Å². The van der Waals surface area contributed by atoms with Crippen molar-refractivity contribution in [3.05, 3.63) is 24.0 Å². The van der Waals surface area contributed by atoms with Gasteiger partial charge in [-0.25, -0.2) is 0 Å². The number of thioether (sulfide) groups is 1. The maximum absolute atomic E-state index is 12.1. The van der Waals surface area contributed by atoms with Crippen molar-refractivity contribution >= 4 is 23.4 Å². The molecule has 4 nitrogen and oxygen atoms in total. The number of aromatic nitrogens is 1. The molecule has 98 valence electrons. The van der Waals surface area contributed by atoms with Gasteiger partial charge in [0.1, 0.15) is 0 Å². The standard InChI is InChI=1S/C13H19N3OS/c1-13(5-3-7-18-13)9-16-12(17)10-8-15-6-4-11(10)14-2/h4,6,8H,3,5,7,9H2,1-2H3,(H,14,15)(H,16,17). The van der Waals surface area contributed by atoms with Crippen LogP contribution in [0.15, 0.2) is 18.5 Å². The third-order valence-electron chi connectivity index (χ3n) is 3.26. The largest absolute Gasteiger partial charge is 0.387 e. The molecular weight excluding hydrogens is 246 g/mol. The van der Waals surface area contributed by atoms with E-state index in [1.54, 1.807) is 25.5 Å². The highest BCUT2D eigenvalue weighted by Gasteiger charge is 2.30. The molecule has 5 heteroatoms. The van der Waals surface area contributed by atoms with Gasteiger partial charge in [-0.05, 0) is 31.6 Å². The molecule has 1 fully saturated rings. The van der Waals surface area contributed by atoms with Crippen molar-refractivity contribution in [2.24, 2.45) is 0 Å². The smallest absolute Gasteiger partial charge is 0.255 e. The molecule has 1 unspecified atom stereocenters. The van der Waals surface area contributed by atoms with Crippen LogP contribution in [-0.2, 0) is 0 Å². The molecule has 1 amide bonds. The molecule has 2 heterocycles. The molecule has 0 saturated carbocycles. The molecule has 1 atom stereocenters. The molecular formula is C13H19N3OS. The van der Waals surface area contributed by atoms with Crippen LogP contribution in [0.3, 0.4) is 0 Å². The first-order valence-corrected chi connectivity index (χ1v) is 7.17. The first kappa shape index (κ1) is 13.2. The quantitative estimate of drug-likeness (QED) is 0.876. The lowest BCUT2D eigenvalue weighted by Crippen LogP contribution is -2.37. The van der Waals surface area contributed by atoms with Crippen LogP contribution >= 0.6 is 11.8 Å². The summed E-state index contributed by atoms with van der Waals surface area (Å²) in [6, 6.07) is 1.81. The number of pyridine rings is 1. The molecule has 0 aliphatic carbocycles. The Morgan fingerprint density at radius 2 is 2.44 bits per heavy atom. The van der Waals surface area contributed by atoms with Gasteiger partial charge in [-0.2, -0.15) is 11.8 Å². The average Bonchev–Trinajstić information content (AvgIpc) is 2.83. The number of carbonyl (C=O) groups is 1. The summed E-state index contributed by atoms with van der Waals surface area (Å²) in [5.74, 6) is 1.14. The average molecular weight is 265 g/mol. The van der Waals surface area contributed by atoms with Crippen LogP contribution in [0.4, 0.5) is 5.69 Å². The molecule has 0 radical (unpaired) electrons. The molecule has 1 aromatic heterocycles. The van der Waals surface area contributed by atoms with E-state index in [0.717, 1.165) is 5.69 Å². The second-order valence-electron chi connectivity index (χ2n) is 4.76. The minimum Gasteiger partial charge on any atom is -0.387 e. The van der Waals surface area contributed by atoms with Crippen LogP contribution < -0.4 is 10.6 Å². The summed E-state index contributed by atoms with van der Waals surface area (Å²) in [4.78, 5) is 16.1. The summed E-state index contributed by atoms with van der Waals surface area (Å²) in [5, 5.41) is 6.02. The fourth-order valence-corrected chi connectivity index (χ4v) is 3.38. The maximum atomic E-state index is 12.1. The molecule has 2 N–H and O–H groups in total. The van der Waals surface area contributed by atoms with Crippen LogP contribution in [0.1, 0.15) is 30.1 Å². The van der Waals surface area contributed by atoms with E-state index in [1.165, 1.54) is 18.6 Å². The number of hydrogen-bond donors (Lipinski definition) is 2. The van der Waals surface area contributed by atoms with Crippen molar-refractivity contribution in [3.8, 4) is 0 Å². The van der Waals surface area contributed by atoms with Crippen molar-refractivity contribution in [2.75, 3.05) is 24.7 Å². The van der Waals surface area contributed by atoms with Crippen LogP contribution in [-0.4, -0.2) is 35.0 Å². The highest BCUT2D eigenvalue weighted by molar-refractivity contribution is 8.00. The molecule has 2 rings (SSSR count). The van der Waals surface area contributed by atoms with Crippen molar-refractivity contribution in [1.29, 1.82) is 0 Å². The molecule has 1 aliphatic rings. The van der Waals surface area contributed by atoms with Gasteiger partial charge in [0, 0.05) is 36.4 Å². The van der Waals surface area contributed by atoms with Crippen LogP contribution in [0.25, 0.3) is 0 Å². The number of rotatable bonds is 4. The Kier molecular flexibility index (Phi) is 4.11. The number of nitrogens with zero attached hydrogens (tertiary/aromatic N) is 1. The predicted octanol–water partition coefficient (Wildman–Crippen LogP) is 2.14. The zero-order valence-electron chi connectivity index (χ0n) is 10.8. The first-order valence-electron chi connectivity index (χ1n) is 6.18. The second-order valence-corrected chi connectivity index (χ2v) is 6.44. The van der Waals surface area contributed by atoms with Crippen LogP contribution in [0, 0.1) is 0 Å². The van der Waals surface area contributed by atoms with Gasteiger partial charge in [0.15, 0.2) is 0 Å². The topological polar surface area (TPSA) is 54.0 Å². The van der Waals surface area contributed by atoms with E-state index >= 15 is 0 Å². The Labute approximate surface area is 112 Å². The Morgan fingerprint density at radius 1 is 1.61 bits per heavy atom. The van der Waals surface area contributed by atoms with Gasteiger partial charge < -0.3 is 10.6 Å². The fourth-order valence-electron chi connectivity index (χ4n) is 2.13. The first-order chi connectivity index (χ1) is 8.64. The minimum atomic E-state index is -0.0545. The van der Waals surface area contributed by atoms with E-state index < -0.39 is 0 Å². The molecule has 1 aromatic rings. The molecule has 1 saturated heterocycles. The predicted molar refractivity (Wildman–Crippen MR) is 76.2 cm³/mol. The number of anilines is 1. The lowest BCUT2D eigenvalue weighted by molar-refractivity contribution is 0.0950.